The van der Waals surface area contributed by atoms with Gasteiger partial charge in [-0.2, -0.15) is 11.8 Å². The maximum Gasteiger partial charge on any atom is 0.0120 e. The lowest BCUT2D eigenvalue weighted by molar-refractivity contribution is 0.221. The average molecular weight is 228 g/mol. The van der Waals surface area contributed by atoms with Gasteiger partial charge in [-0.15, -0.1) is 0 Å². The first kappa shape index (κ1) is 11.7. The van der Waals surface area contributed by atoms with Crippen molar-refractivity contribution in [3.05, 3.63) is 0 Å². The minimum absolute atomic E-state index is 0.832. The zero-order valence-electron chi connectivity index (χ0n) is 9.87. The highest BCUT2D eigenvalue weighted by atomic mass is 32.2. The molecule has 0 saturated carbocycles. The number of nitrogens with one attached hydrogen (secondary N) is 1. The Labute approximate surface area is 98.2 Å². The van der Waals surface area contributed by atoms with Gasteiger partial charge in [0.25, 0.3) is 0 Å². The van der Waals surface area contributed by atoms with Crippen LogP contribution in [0, 0.1) is 5.92 Å². The molecule has 88 valence electrons. The maximum absolute atomic E-state index is 3.77. The Bertz CT molecular complexity index is 186. The summed E-state index contributed by atoms with van der Waals surface area (Å²) in [5.74, 6) is 2.28. The van der Waals surface area contributed by atoms with Gasteiger partial charge in [-0.25, -0.2) is 0 Å². The summed E-state index contributed by atoms with van der Waals surface area (Å²) < 4.78 is 0. The fourth-order valence-corrected chi connectivity index (χ4v) is 3.37. The van der Waals surface area contributed by atoms with Crippen molar-refractivity contribution < 1.29 is 0 Å². The highest BCUT2D eigenvalue weighted by molar-refractivity contribution is 7.98. The van der Waals surface area contributed by atoms with E-state index in [0.717, 1.165) is 12.0 Å². The fraction of sp³-hybridized carbons (Fsp3) is 1.00. The van der Waals surface area contributed by atoms with Crippen molar-refractivity contribution in [2.24, 2.45) is 5.92 Å². The van der Waals surface area contributed by atoms with Gasteiger partial charge < -0.3 is 10.2 Å². The topological polar surface area (TPSA) is 15.3 Å². The van der Waals surface area contributed by atoms with E-state index in [9.17, 15) is 0 Å². The SMILES string of the molecule is CSCCCCNC1CCN2CCC1C2. The summed E-state index contributed by atoms with van der Waals surface area (Å²) in [5.41, 5.74) is 0. The lowest BCUT2D eigenvalue weighted by Crippen LogP contribution is -2.44. The smallest absolute Gasteiger partial charge is 0.0120 e. The molecular formula is C12H24N2S. The van der Waals surface area contributed by atoms with Crippen molar-refractivity contribution in [3.8, 4) is 0 Å². The third-order valence-electron chi connectivity index (χ3n) is 3.82. The molecule has 0 spiro atoms. The van der Waals surface area contributed by atoms with Crippen molar-refractivity contribution >= 4 is 11.8 Å². The number of hydrogen-bond donors (Lipinski definition) is 1. The lowest BCUT2D eigenvalue weighted by atomic mass is 9.94. The van der Waals surface area contributed by atoms with Crippen LogP contribution in [0.2, 0.25) is 0 Å². The summed E-state index contributed by atoms with van der Waals surface area (Å²) in [7, 11) is 0. The molecule has 0 aromatic rings. The molecule has 2 aliphatic rings. The second kappa shape index (κ2) is 6.12. The molecule has 3 unspecified atom stereocenters. The highest BCUT2D eigenvalue weighted by Gasteiger charge is 2.33. The molecule has 3 atom stereocenters. The zero-order chi connectivity index (χ0) is 10.5. The van der Waals surface area contributed by atoms with Gasteiger partial charge in [0.2, 0.25) is 0 Å². The van der Waals surface area contributed by atoms with Crippen molar-refractivity contribution in [3.63, 3.8) is 0 Å². The van der Waals surface area contributed by atoms with E-state index in [1.54, 1.807) is 0 Å². The number of thioether (sulfide) groups is 1. The molecule has 0 aromatic carbocycles. The van der Waals surface area contributed by atoms with Crippen molar-refractivity contribution in [2.75, 3.05) is 38.2 Å². The van der Waals surface area contributed by atoms with Crippen LogP contribution in [0.1, 0.15) is 25.7 Å². The summed E-state index contributed by atoms with van der Waals surface area (Å²) in [5, 5.41) is 3.77. The average Bonchev–Trinajstić information content (AvgIpc) is 2.64. The monoisotopic (exact) mass is 228 g/mol. The minimum atomic E-state index is 0.832. The van der Waals surface area contributed by atoms with Gasteiger partial charge >= 0.3 is 0 Å². The molecule has 3 heteroatoms. The quantitative estimate of drug-likeness (QED) is 0.698. The molecule has 2 saturated heterocycles. The second-order valence-corrected chi connectivity index (χ2v) is 5.88. The molecule has 0 aromatic heterocycles. The first-order valence-electron chi connectivity index (χ1n) is 6.35. The minimum Gasteiger partial charge on any atom is -0.314 e. The number of piperidine rings is 1. The van der Waals surface area contributed by atoms with E-state index in [-0.39, 0.29) is 0 Å². The predicted molar refractivity (Wildman–Crippen MR) is 68.6 cm³/mol. The van der Waals surface area contributed by atoms with Gasteiger partial charge in [-0.1, -0.05) is 0 Å². The van der Waals surface area contributed by atoms with Crippen LogP contribution < -0.4 is 5.32 Å². The standard InChI is InChI=1S/C12H24N2S/c1-15-9-3-2-6-13-12-5-8-14-7-4-11(12)10-14/h11-13H,2-10H2,1H3. The summed E-state index contributed by atoms with van der Waals surface area (Å²) in [6.45, 7) is 5.29. The van der Waals surface area contributed by atoms with Gasteiger partial charge in [-0.3, -0.25) is 0 Å². The molecule has 2 bridgehead atoms. The van der Waals surface area contributed by atoms with Crippen LogP contribution in [0.5, 0.6) is 0 Å². The molecule has 0 aliphatic carbocycles. The maximum atomic E-state index is 3.77. The van der Waals surface area contributed by atoms with Crippen molar-refractivity contribution in [2.45, 2.75) is 31.7 Å². The molecule has 0 radical (unpaired) electrons. The van der Waals surface area contributed by atoms with Crippen molar-refractivity contribution in [1.82, 2.24) is 10.2 Å². The Morgan fingerprint density at radius 3 is 3.00 bits per heavy atom. The Morgan fingerprint density at radius 1 is 1.27 bits per heavy atom. The van der Waals surface area contributed by atoms with Gasteiger partial charge in [0.05, 0.1) is 0 Å². The molecular weight excluding hydrogens is 204 g/mol. The van der Waals surface area contributed by atoms with Crippen LogP contribution >= 0.6 is 11.8 Å². The Hall–Kier alpha value is 0.270. The van der Waals surface area contributed by atoms with Gasteiger partial charge in [-0.05, 0) is 63.2 Å². The predicted octanol–water partition coefficient (Wildman–Crippen LogP) is 1.81. The van der Waals surface area contributed by atoms with E-state index in [0.29, 0.717) is 0 Å². The molecule has 2 rings (SSSR count). The summed E-state index contributed by atoms with van der Waals surface area (Å²) in [6, 6.07) is 0.832. The highest BCUT2D eigenvalue weighted by Crippen LogP contribution is 2.26. The first-order valence-corrected chi connectivity index (χ1v) is 7.74. The van der Waals surface area contributed by atoms with E-state index in [1.807, 2.05) is 11.8 Å². The van der Waals surface area contributed by atoms with E-state index in [2.05, 4.69) is 16.5 Å². The zero-order valence-corrected chi connectivity index (χ0v) is 10.7. The third-order valence-corrected chi connectivity index (χ3v) is 4.51. The number of nitrogens with zero attached hydrogens (tertiary/aromatic N) is 1. The second-order valence-electron chi connectivity index (χ2n) is 4.90. The largest absolute Gasteiger partial charge is 0.314 e. The number of unbranched alkanes of at least 4 members (excludes halogenated alkanes) is 1. The van der Waals surface area contributed by atoms with Gasteiger partial charge in [0, 0.05) is 12.6 Å². The van der Waals surface area contributed by atoms with Gasteiger partial charge in [0.15, 0.2) is 0 Å². The first-order chi connectivity index (χ1) is 7.40. The van der Waals surface area contributed by atoms with Crippen LogP contribution in [0.4, 0.5) is 0 Å². The normalized spacial score (nSPS) is 34.6. The summed E-state index contributed by atoms with van der Waals surface area (Å²) in [4.78, 5) is 2.62. The summed E-state index contributed by atoms with van der Waals surface area (Å²) >= 11 is 1.96. The Morgan fingerprint density at radius 2 is 2.13 bits per heavy atom. The Balaban J connectivity index is 1.58. The van der Waals surface area contributed by atoms with Crippen LogP contribution in [-0.4, -0.2) is 49.1 Å². The molecule has 0 amide bonds. The molecule has 2 aliphatic heterocycles. The lowest BCUT2D eigenvalue weighted by Gasteiger charge is -2.31. The number of rotatable bonds is 6. The summed E-state index contributed by atoms with van der Waals surface area (Å²) in [6.07, 6.45) is 7.74. The molecule has 2 fully saturated rings. The number of fused-ring (bicyclic) bond motifs is 2. The van der Waals surface area contributed by atoms with E-state index >= 15 is 0 Å². The van der Waals surface area contributed by atoms with E-state index in [1.165, 1.54) is 57.6 Å². The van der Waals surface area contributed by atoms with E-state index in [4.69, 9.17) is 0 Å². The molecule has 2 heterocycles. The van der Waals surface area contributed by atoms with Crippen molar-refractivity contribution in [1.29, 1.82) is 0 Å². The van der Waals surface area contributed by atoms with E-state index < -0.39 is 0 Å². The Kier molecular flexibility index (Phi) is 4.79. The third kappa shape index (κ3) is 3.36. The van der Waals surface area contributed by atoms with Crippen LogP contribution in [0.15, 0.2) is 0 Å². The molecule has 1 N–H and O–H groups in total. The van der Waals surface area contributed by atoms with Crippen LogP contribution in [0.3, 0.4) is 0 Å². The molecule has 2 nitrogen and oxygen atoms in total. The molecule has 15 heavy (non-hydrogen) atoms. The fourth-order valence-electron chi connectivity index (χ4n) is 2.88. The van der Waals surface area contributed by atoms with Crippen LogP contribution in [-0.2, 0) is 0 Å². The number of hydrogen-bond acceptors (Lipinski definition) is 3. The van der Waals surface area contributed by atoms with Gasteiger partial charge in [0.1, 0.15) is 0 Å². The van der Waals surface area contributed by atoms with Crippen LogP contribution in [0.25, 0.3) is 0 Å².